The summed E-state index contributed by atoms with van der Waals surface area (Å²) in [4.78, 5) is 22.0. The summed E-state index contributed by atoms with van der Waals surface area (Å²) in [5.74, 6) is 0.124. The summed E-state index contributed by atoms with van der Waals surface area (Å²) < 4.78 is 0. The molecular weight excluding hydrogens is 142 g/mol. The highest BCUT2D eigenvalue weighted by Crippen LogP contribution is 2.46. The first-order chi connectivity index (χ1) is 5.20. The van der Waals surface area contributed by atoms with Crippen molar-refractivity contribution >= 4 is 11.7 Å². The average molecular weight is 153 g/mol. The Balaban J connectivity index is 2.25. The molecule has 2 aliphatic rings. The van der Waals surface area contributed by atoms with E-state index in [1.807, 2.05) is 0 Å². The summed E-state index contributed by atoms with van der Waals surface area (Å²) in [5.41, 5.74) is 5.19. The fraction of sp³-hybridized carbons (Fsp3) is 0.750. The molecule has 2 saturated carbocycles. The van der Waals surface area contributed by atoms with Crippen LogP contribution in [-0.2, 0) is 9.59 Å². The van der Waals surface area contributed by atoms with E-state index in [2.05, 4.69) is 0 Å². The van der Waals surface area contributed by atoms with Crippen molar-refractivity contribution in [3.8, 4) is 0 Å². The summed E-state index contributed by atoms with van der Waals surface area (Å²) in [6, 6.07) is 0. The topological polar surface area (TPSA) is 60.2 Å². The van der Waals surface area contributed by atoms with Gasteiger partial charge in [0.2, 0.25) is 5.91 Å². The van der Waals surface area contributed by atoms with Gasteiger partial charge in [-0.3, -0.25) is 9.59 Å². The SMILES string of the molecule is NC(=O)[C@@H]1[C@H]2CC[C@H]1C(=O)C2. The fourth-order valence-corrected chi connectivity index (χ4v) is 2.51. The number of carbonyl (C=O) groups is 2. The highest BCUT2D eigenvalue weighted by atomic mass is 16.1. The fourth-order valence-electron chi connectivity index (χ4n) is 2.51. The maximum atomic E-state index is 11.1. The molecule has 2 fully saturated rings. The quantitative estimate of drug-likeness (QED) is 0.580. The lowest BCUT2D eigenvalue weighted by Crippen LogP contribution is -2.27. The second-order valence-corrected chi connectivity index (χ2v) is 3.54. The molecular formula is C8H11NO2. The average Bonchev–Trinajstić information content (AvgIpc) is 2.41. The van der Waals surface area contributed by atoms with Crippen LogP contribution in [0.1, 0.15) is 19.3 Å². The van der Waals surface area contributed by atoms with Crippen molar-refractivity contribution in [1.82, 2.24) is 0 Å². The zero-order valence-corrected chi connectivity index (χ0v) is 6.25. The van der Waals surface area contributed by atoms with E-state index in [1.165, 1.54) is 0 Å². The Labute approximate surface area is 64.9 Å². The molecule has 2 N–H and O–H groups in total. The molecule has 2 aliphatic carbocycles. The number of carbonyl (C=O) groups excluding carboxylic acids is 2. The van der Waals surface area contributed by atoms with E-state index < -0.39 is 0 Å². The summed E-state index contributed by atoms with van der Waals surface area (Å²) >= 11 is 0. The lowest BCUT2D eigenvalue weighted by Gasteiger charge is -2.07. The third-order valence-electron chi connectivity index (χ3n) is 3.00. The van der Waals surface area contributed by atoms with Crippen molar-refractivity contribution in [2.75, 3.05) is 0 Å². The van der Waals surface area contributed by atoms with Crippen LogP contribution >= 0.6 is 0 Å². The highest BCUT2D eigenvalue weighted by molar-refractivity contribution is 5.93. The van der Waals surface area contributed by atoms with Gasteiger partial charge in [-0.15, -0.1) is 0 Å². The Morgan fingerprint density at radius 2 is 2.18 bits per heavy atom. The van der Waals surface area contributed by atoms with Crippen molar-refractivity contribution in [1.29, 1.82) is 0 Å². The molecule has 3 atom stereocenters. The molecule has 0 radical (unpaired) electrons. The summed E-state index contributed by atoms with van der Waals surface area (Å²) in [5, 5.41) is 0. The minimum absolute atomic E-state index is 0.0162. The van der Waals surface area contributed by atoms with E-state index in [-0.39, 0.29) is 29.4 Å². The molecule has 0 spiro atoms. The van der Waals surface area contributed by atoms with Crippen LogP contribution in [0.5, 0.6) is 0 Å². The van der Waals surface area contributed by atoms with Gasteiger partial charge >= 0.3 is 0 Å². The second-order valence-electron chi connectivity index (χ2n) is 3.54. The van der Waals surface area contributed by atoms with Gasteiger partial charge in [0, 0.05) is 12.3 Å². The van der Waals surface area contributed by atoms with Crippen LogP contribution < -0.4 is 5.73 Å². The number of nitrogens with two attached hydrogens (primary N) is 1. The van der Waals surface area contributed by atoms with Crippen molar-refractivity contribution in [2.45, 2.75) is 19.3 Å². The third kappa shape index (κ3) is 0.800. The van der Waals surface area contributed by atoms with Crippen LogP contribution in [-0.4, -0.2) is 11.7 Å². The standard InChI is InChI=1S/C8H11NO2/c9-8(11)7-4-1-2-5(7)6(10)3-4/h4-5,7H,1-3H2,(H2,9,11)/t4-,5-,7+/m0/s1. The van der Waals surface area contributed by atoms with Gasteiger partial charge in [0.1, 0.15) is 5.78 Å². The normalized spacial score (nSPS) is 41.5. The monoisotopic (exact) mass is 153 g/mol. The molecule has 0 aliphatic heterocycles. The summed E-state index contributed by atoms with van der Waals surface area (Å²) in [7, 11) is 0. The predicted molar refractivity (Wildman–Crippen MR) is 38.5 cm³/mol. The molecule has 2 rings (SSSR count). The van der Waals surface area contributed by atoms with Gasteiger partial charge in [-0.25, -0.2) is 0 Å². The molecule has 3 nitrogen and oxygen atoms in total. The molecule has 0 unspecified atom stereocenters. The number of primary amides is 1. The molecule has 11 heavy (non-hydrogen) atoms. The predicted octanol–water partition coefficient (Wildman–Crippen LogP) is 0.0869. The molecule has 60 valence electrons. The molecule has 0 aromatic heterocycles. The van der Waals surface area contributed by atoms with E-state index in [0.717, 1.165) is 12.8 Å². The molecule has 0 aromatic rings. The largest absolute Gasteiger partial charge is 0.369 e. The summed E-state index contributed by atoms with van der Waals surface area (Å²) in [6.07, 6.45) is 2.50. The maximum absolute atomic E-state index is 11.1. The number of ketones is 1. The van der Waals surface area contributed by atoms with Crippen molar-refractivity contribution in [3.05, 3.63) is 0 Å². The number of amides is 1. The van der Waals surface area contributed by atoms with Crippen LogP contribution in [0.25, 0.3) is 0 Å². The smallest absolute Gasteiger partial charge is 0.221 e. The Morgan fingerprint density at radius 3 is 2.45 bits per heavy atom. The lowest BCUT2D eigenvalue weighted by atomic mass is 9.97. The Bertz CT molecular complexity index is 224. The van der Waals surface area contributed by atoms with Gasteiger partial charge in [-0.05, 0) is 18.8 Å². The first kappa shape index (κ1) is 6.83. The first-order valence-electron chi connectivity index (χ1n) is 4.02. The minimum Gasteiger partial charge on any atom is -0.369 e. The minimum atomic E-state index is -0.275. The zero-order valence-electron chi connectivity index (χ0n) is 6.25. The molecule has 0 saturated heterocycles. The van der Waals surface area contributed by atoms with Crippen molar-refractivity contribution in [3.63, 3.8) is 0 Å². The molecule has 0 heterocycles. The first-order valence-corrected chi connectivity index (χ1v) is 4.02. The van der Waals surface area contributed by atoms with Crippen LogP contribution in [0.4, 0.5) is 0 Å². The molecule has 2 bridgehead atoms. The Kier molecular flexibility index (Phi) is 1.28. The van der Waals surface area contributed by atoms with Crippen LogP contribution in [0, 0.1) is 17.8 Å². The van der Waals surface area contributed by atoms with Crippen molar-refractivity contribution in [2.24, 2.45) is 23.5 Å². The molecule has 1 amide bonds. The Morgan fingerprint density at radius 1 is 1.45 bits per heavy atom. The lowest BCUT2D eigenvalue weighted by molar-refractivity contribution is -0.127. The zero-order chi connectivity index (χ0) is 8.01. The number of fused-ring (bicyclic) bond motifs is 2. The van der Waals surface area contributed by atoms with Crippen LogP contribution in [0.3, 0.4) is 0 Å². The van der Waals surface area contributed by atoms with Crippen LogP contribution in [0.2, 0.25) is 0 Å². The third-order valence-corrected chi connectivity index (χ3v) is 3.00. The van der Waals surface area contributed by atoms with E-state index in [0.29, 0.717) is 6.42 Å². The highest BCUT2D eigenvalue weighted by Gasteiger charge is 2.49. The number of Topliss-reactive ketones (excluding diaryl/α,β-unsaturated/α-hetero) is 1. The molecule has 0 aromatic carbocycles. The number of rotatable bonds is 1. The Hall–Kier alpha value is -0.860. The van der Waals surface area contributed by atoms with E-state index in [9.17, 15) is 9.59 Å². The van der Waals surface area contributed by atoms with Gasteiger partial charge in [-0.1, -0.05) is 0 Å². The van der Waals surface area contributed by atoms with Gasteiger partial charge in [0.05, 0.1) is 5.92 Å². The number of hydrogen-bond donors (Lipinski definition) is 1. The van der Waals surface area contributed by atoms with Gasteiger partial charge in [-0.2, -0.15) is 0 Å². The van der Waals surface area contributed by atoms with E-state index >= 15 is 0 Å². The summed E-state index contributed by atoms with van der Waals surface area (Å²) in [6.45, 7) is 0. The van der Waals surface area contributed by atoms with Crippen LogP contribution in [0.15, 0.2) is 0 Å². The van der Waals surface area contributed by atoms with Gasteiger partial charge in [0.25, 0.3) is 0 Å². The van der Waals surface area contributed by atoms with Crippen molar-refractivity contribution < 1.29 is 9.59 Å². The second kappa shape index (κ2) is 2.06. The van der Waals surface area contributed by atoms with E-state index in [4.69, 9.17) is 5.73 Å². The van der Waals surface area contributed by atoms with Gasteiger partial charge in [0.15, 0.2) is 0 Å². The van der Waals surface area contributed by atoms with Gasteiger partial charge < -0.3 is 5.73 Å². The number of hydrogen-bond acceptors (Lipinski definition) is 2. The molecule has 3 heteroatoms. The van der Waals surface area contributed by atoms with E-state index in [1.54, 1.807) is 0 Å². The maximum Gasteiger partial charge on any atom is 0.221 e.